The predicted octanol–water partition coefficient (Wildman–Crippen LogP) is 2.70. The van der Waals surface area contributed by atoms with Gasteiger partial charge in [0.05, 0.1) is 34.8 Å². The number of hydrogen-bond acceptors (Lipinski definition) is 8. The molecule has 1 N–H and O–H groups in total. The molecule has 0 aliphatic carbocycles. The molecule has 1 heterocycles. The fourth-order valence-corrected chi connectivity index (χ4v) is 3.64. The number of carbonyl (C=O) groups excluding carboxylic acids is 1. The van der Waals surface area contributed by atoms with Gasteiger partial charge in [0.2, 0.25) is 6.61 Å². The van der Waals surface area contributed by atoms with Crippen molar-refractivity contribution in [2.75, 3.05) is 19.8 Å². The van der Waals surface area contributed by atoms with Crippen molar-refractivity contribution in [2.24, 2.45) is 5.16 Å². The molecule has 0 fully saturated rings. The first-order chi connectivity index (χ1) is 14.2. The molecule has 0 radical (unpaired) electrons. The van der Waals surface area contributed by atoms with Gasteiger partial charge in [0, 0.05) is 24.4 Å². The van der Waals surface area contributed by atoms with Crippen LogP contribution in [0.3, 0.4) is 0 Å². The van der Waals surface area contributed by atoms with Crippen LogP contribution in [0.4, 0.5) is 5.69 Å². The van der Waals surface area contributed by atoms with E-state index in [4.69, 9.17) is 9.57 Å². The van der Waals surface area contributed by atoms with E-state index in [-0.39, 0.29) is 23.9 Å². The van der Waals surface area contributed by atoms with Gasteiger partial charge in [0.15, 0.2) is 0 Å². The molecule has 0 saturated carbocycles. The molecule has 0 amide bonds. The number of nitro groups is 1. The zero-order valence-corrected chi connectivity index (χ0v) is 17.3. The number of non-ortho nitro benzene ring substituents is 1. The molecule has 0 aromatic heterocycles. The van der Waals surface area contributed by atoms with Gasteiger partial charge < -0.3 is 19.6 Å². The van der Waals surface area contributed by atoms with Crippen LogP contribution < -0.4 is 0 Å². The molecule has 10 nitrogen and oxygen atoms in total. The van der Waals surface area contributed by atoms with Crippen LogP contribution in [0, 0.1) is 10.1 Å². The molecule has 1 aromatic rings. The largest absolute Gasteiger partial charge is 0.478 e. The number of carboxylic acid groups (broad SMARTS) is 1. The maximum absolute atomic E-state index is 12.2. The summed E-state index contributed by atoms with van der Waals surface area (Å²) in [5.74, 6) is -2.63. The monoisotopic (exact) mass is 419 g/mol. The summed E-state index contributed by atoms with van der Waals surface area (Å²) in [5.41, 5.74) is 1.17. The highest BCUT2D eigenvalue weighted by Gasteiger charge is 2.40. The van der Waals surface area contributed by atoms with Gasteiger partial charge in [-0.25, -0.2) is 9.59 Å². The smallest absolute Gasteiger partial charge is 0.347 e. The van der Waals surface area contributed by atoms with Gasteiger partial charge in [-0.1, -0.05) is 17.3 Å². The van der Waals surface area contributed by atoms with Crippen molar-refractivity contribution < 1.29 is 29.2 Å². The lowest BCUT2D eigenvalue weighted by Crippen LogP contribution is -2.47. The van der Waals surface area contributed by atoms with Crippen molar-refractivity contribution >= 4 is 23.3 Å². The fraction of sp³-hybridized carbons (Fsp3) is 0.450. The van der Waals surface area contributed by atoms with Gasteiger partial charge in [-0.3, -0.25) is 10.1 Å². The van der Waals surface area contributed by atoms with Crippen LogP contribution in [-0.4, -0.2) is 58.4 Å². The van der Waals surface area contributed by atoms with E-state index in [0.717, 1.165) is 0 Å². The van der Waals surface area contributed by atoms with E-state index >= 15 is 0 Å². The molecule has 0 spiro atoms. The third-order valence-electron chi connectivity index (χ3n) is 4.94. The number of carboxylic acids is 1. The summed E-state index contributed by atoms with van der Waals surface area (Å²) in [7, 11) is 0. The third-order valence-corrected chi connectivity index (χ3v) is 4.94. The zero-order valence-electron chi connectivity index (χ0n) is 17.3. The minimum Gasteiger partial charge on any atom is -0.478 e. The van der Waals surface area contributed by atoms with Crippen molar-refractivity contribution in [1.82, 2.24) is 4.90 Å². The Morgan fingerprint density at radius 3 is 2.60 bits per heavy atom. The Kier molecular flexibility index (Phi) is 7.51. The standard InChI is InChI=1S/C20H25N3O7/c1-5-22-12(3)17(20(25)26)18(14-8-7-9-15(10-14)23(27)28)19(13(22)4)21-30-11-16(24)29-6-2/h7-10,13,18H,5-6,11H2,1-4H3,(H,25,26). The van der Waals surface area contributed by atoms with Crippen LogP contribution in [0.25, 0.3) is 0 Å². The number of ether oxygens (including phenoxy) is 1. The normalized spacial score (nSPS) is 20.3. The Bertz CT molecular complexity index is 894. The predicted molar refractivity (Wildman–Crippen MR) is 108 cm³/mol. The van der Waals surface area contributed by atoms with Crippen molar-refractivity contribution in [3.63, 3.8) is 0 Å². The van der Waals surface area contributed by atoms with Crippen LogP contribution in [0.2, 0.25) is 0 Å². The van der Waals surface area contributed by atoms with Gasteiger partial charge in [0.1, 0.15) is 0 Å². The lowest BCUT2D eigenvalue weighted by Gasteiger charge is -2.40. The quantitative estimate of drug-likeness (QED) is 0.386. The van der Waals surface area contributed by atoms with Gasteiger partial charge in [-0.2, -0.15) is 0 Å². The maximum atomic E-state index is 12.2. The lowest BCUT2D eigenvalue weighted by molar-refractivity contribution is -0.384. The van der Waals surface area contributed by atoms with Crippen LogP contribution in [-0.2, 0) is 19.2 Å². The number of esters is 1. The van der Waals surface area contributed by atoms with Crippen molar-refractivity contribution in [3.8, 4) is 0 Å². The first kappa shape index (κ1) is 22.9. The van der Waals surface area contributed by atoms with Crippen LogP contribution >= 0.6 is 0 Å². The van der Waals surface area contributed by atoms with E-state index in [1.165, 1.54) is 18.2 Å². The summed E-state index contributed by atoms with van der Waals surface area (Å²) in [6.07, 6.45) is 0. The second kappa shape index (κ2) is 9.86. The molecule has 0 bridgehead atoms. The molecule has 10 heteroatoms. The SMILES string of the molecule is CCOC(=O)CON=C1C(c2cccc([N+](=O)[O-])c2)C(C(=O)O)=C(C)N(CC)C1C. The lowest BCUT2D eigenvalue weighted by atomic mass is 9.79. The van der Waals surface area contributed by atoms with E-state index in [1.807, 2.05) is 18.7 Å². The molecule has 1 aromatic carbocycles. The molecular formula is C20H25N3O7. The fourth-order valence-electron chi connectivity index (χ4n) is 3.64. The number of rotatable bonds is 8. The van der Waals surface area contributed by atoms with E-state index in [0.29, 0.717) is 23.5 Å². The van der Waals surface area contributed by atoms with E-state index < -0.39 is 29.4 Å². The molecule has 2 unspecified atom stereocenters. The summed E-state index contributed by atoms with van der Waals surface area (Å²) in [6.45, 7) is 7.36. The highest BCUT2D eigenvalue weighted by atomic mass is 16.7. The molecule has 30 heavy (non-hydrogen) atoms. The summed E-state index contributed by atoms with van der Waals surface area (Å²) in [5, 5.41) is 25.3. The van der Waals surface area contributed by atoms with Gasteiger partial charge >= 0.3 is 11.9 Å². The Morgan fingerprint density at radius 2 is 2.03 bits per heavy atom. The van der Waals surface area contributed by atoms with Crippen LogP contribution in [0.5, 0.6) is 0 Å². The number of carbonyl (C=O) groups is 2. The van der Waals surface area contributed by atoms with E-state index in [1.54, 1.807) is 19.9 Å². The zero-order chi connectivity index (χ0) is 22.4. The van der Waals surface area contributed by atoms with Gasteiger partial charge in [-0.05, 0) is 33.3 Å². The first-order valence-corrected chi connectivity index (χ1v) is 9.53. The summed E-state index contributed by atoms with van der Waals surface area (Å²) >= 11 is 0. The first-order valence-electron chi connectivity index (χ1n) is 9.53. The van der Waals surface area contributed by atoms with E-state index in [2.05, 4.69) is 5.16 Å². The average molecular weight is 419 g/mol. The Labute approximate surface area is 173 Å². The molecule has 2 atom stereocenters. The summed E-state index contributed by atoms with van der Waals surface area (Å²) < 4.78 is 4.81. The number of nitro benzene ring substituents is 1. The molecule has 1 aliphatic heterocycles. The number of nitrogens with zero attached hydrogens (tertiary/aromatic N) is 3. The molecule has 0 saturated heterocycles. The number of benzene rings is 1. The van der Waals surface area contributed by atoms with Crippen molar-refractivity contribution in [2.45, 2.75) is 39.7 Å². The minimum atomic E-state index is -1.16. The van der Waals surface area contributed by atoms with Crippen molar-refractivity contribution in [1.29, 1.82) is 0 Å². The maximum Gasteiger partial charge on any atom is 0.347 e. The second-order valence-corrected chi connectivity index (χ2v) is 6.65. The minimum absolute atomic E-state index is 0.0499. The second-order valence-electron chi connectivity index (χ2n) is 6.65. The number of oxime groups is 1. The molecule has 162 valence electrons. The summed E-state index contributed by atoms with van der Waals surface area (Å²) in [4.78, 5) is 41.5. The third kappa shape index (κ3) is 4.76. The highest BCUT2D eigenvalue weighted by Crippen LogP contribution is 2.38. The molecule has 1 aliphatic rings. The number of hydrogen-bond donors (Lipinski definition) is 1. The average Bonchev–Trinajstić information content (AvgIpc) is 2.69. The van der Waals surface area contributed by atoms with Crippen LogP contribution in [0.1, 0.15) is 39.2 Å². The van der Waals surface area contributed by atoms with Gasteiger partial charge in [-0.15, -0.1) is 0 Å². The number of aliphatic carboxylic acids is 1. The number of allylic oxidation sites excluding steroid dienone is 1. The molecular weight excluding hydrogens is 394 g/mol. The molecule has 2 rings (SSSR count). The van der Waals surface area contributed by atoms with Crippen molar-refractivity contribution in [3.05, 3.63) is 51.2 Å². The highest BCUT2D eigenvalue weighted by molar-refractivity contribution is 6.06. The van der Waals surface area contributed by atoms with Gasteiger partial charge in [0.25, 0.3) is 5.69 Å². The Morgan fingerprint density at radius 1 is 1.33 bits per heavy atom. The summed E-state index contributed by atoms with van der Waals surface area (Å²) in [6, 6.07) is 5.42. The topological polar surface area (TPSA) is 132 Å². The van der Waals surface area contributed by atoms with E-state index in [9.17, 15) is 24.8 Å². The van der Waals surface area contributed by atoms with Crippen LogP contribution in [0.15, 0.2) is 40.7 Å². The Hall–Kier alpha value is -3.43. The Balaban J connectivity index is 2.60.